The predicted molar refractivity (Wildman–Crippen MR) is 120 cm³/mol. The van der Waals surface area contributed by atoms with Crippen molar-refractivity contribution in [3.8, 4) is 0 Å². The molecule has 2 bridgehead atoms. The van der Waals surface area contributed by atoms with Crippen molar-refractivity contribution in [3.63, 3.8) is 0 Å². The average molecular weight is 467 g/mol. The minimum atomic E-state index is -5.03. The molecule has 2 aromatic carbocycles. The molecule has 3 aliphatic carbocycles. The monoisotopic (exact) mass is 467 g/mol. The van der Waals surface area contributed by atoms with Crippen LogP contribution in [0.5, 0.6) is 0 Å². The number of hydrogen-bond acceptors (Lipinski definition) is 3. The first-order valence-corrected chi connectivity index (χ1v) is 11.2. The van der Waals surface area contributed by atoms with Gasteiger partial charge in [0.1, 0.15) is 0 Å². The summed E-state index contributed by atoms with van der Waals surface area (Å²) in [4.78, 5) is 27.4. The maximum atomic E-state index is 14.0. The molecule has 176 valence electrons. The fourth-order valence-corrected chi connectivity index (χ4v) is 6.56. The van der Waals surface area contributed by atoms with Crippen LogP contribution >= 0.6 is 0 Å². The SMILES string of the molecule is C=CCN1C(=O)[C@@H]2[C@H](/C1=C\C(=O)C(F)(F)F)C1c3ccccc3C2([C@@H](C)OC)c2ccccc21. The Morgan fingerprint density at radius 3 is 2.21 bits per heavy atom. The smallest absolute Gasteiger partial charge is 0.380 e. The van der Waals surface area contributed by atoms with Gasteiger partial charge in [0, 0.05) is 37.3 Å². The Balaban J connectivity index is 1.87. The molecule has 7 heteroatoms. The quantitative estimate of drug-likeness (QED) is 0.471. The molecule has 2 aromatic rings. The van der Waals surface area contributed by atoms with Crippen LogP contribution in [0.25, 0.3) is 0 Å². The van der Waals surface area contributed by atoms with Gasteiger partial charge in [-0.2, -0.15) is 13.2 Å². The Bertz CT molecular complexity index is 1180. The Kier molecular flexibility index (Phi) is 5.09. The van der Waals surface area contributed by atoms with E-state index in [0.29, 0.717) is 6.08 Å². The lowest BCUT2D eigenvalue weighted by Crippen LogP contribution is -2.58. The van der Waals surface area contributed by atoms with Crippen molar-refractivity contribution < 1.29 is 27.5 Å². The molecule has 0 radical (unpaired) electrons. The molecular weight excluding hydrogens is 443 g/mol. The number of nitrogens with zero attached hydrogens (tertiary/aromatic N) is 1. The van der Waals surface area contributed by atoms with Gasteiger partial charge >= 0.3 is 6.18 Å². The second-order valence-corrected chi connectivity index (χ2v) is 9.07. The minimum Gasteiger partial charge on any atom is -0.380 e. The zero-order valence-corrected chi connectivity index (χ0v) is 18.8. The normalized spacial score (nSPS) is 29.0. The Hall–Kier alpha value is -3.19. The fraction of sp³-hybridized carbons (Fsp3) is 0.333. The van der Waals surface area contributed by atoms with Gasteiger partial charge in [0.2, 0.25) is 5.91 Å². The number of amides is 1. The highest BCUT2D eigenvalue weighted by Gasteiger charge is 2.68. The van der Waals surface area contributed by atoms with E-state index in [1.165, 1.54) is 11.0 Å². The van der Waals surface area contributed by atoms with Crippen molar-refractivity contribution in [3.05, 3.63) is 95.2 Å². The molecule has 3 atom stereocenters. The molecule has 1 fully saturated rings. The number of ketones is 1. The van der Waals surface area contributed by atoms with E-state index in [2.05, 4.69) is 6.58 Å². The molecule has 0 spiro atoms. The number of rotatable bonds is 5. The molecule has 4 aliphatic rings. The van der Waals surface area contributed by atoms with Crippen LogP contribution in [-0.4, -0.2) is 42.5 Å². The number of allylic oxidation sites excluding steroid dienone is 2. The van der Waals surface area contributed by atoms with E-state index in [1.807, 2.05) is 55.5 Å². The van der Waals surface area contributed by atoms with Gasteiger partial charge in [-0.15, -0.1) is 6.58 Å². The summed E-state index contributed by atoms with van der Waals surface area (Å²) < 4.78 is 45.9. The number of ether oxygens (including phenoxy) is 1. The Morgan fingerprint density at radius 1 is 1.15 bits per heavy atom. The zero-order valence-electron chi connectivity index (χ0n) is 18.8. The highest BCUT2D eigenvalue weighted by atomic mass is 19.4. The lowest BCUT2D eigenvalue weighted by atomic mass is 9.45. The molecule has 1 amide bonds. The summed E-state index contributed by atoms with van der Waals surface area (Å²) >= 11 is 0. The molecule has 1 heterocycles. The van der Waals surface area contributed by atoms with Gasteiger partial charge in [-0.25, -0.2) is 0 Å². The zero-order chi connectivity index (χ0) is 24.4. The van der Waals surface area contributed by atoms with Gasteiger partial charge in [-0.3, -0.25) is 9.59 Å². The van der Waals surface area contributed by atoms with Crippen LogP contribution in [0, 0.1) is 11.8 Å². The number of likely N-dealkylation sites (tertiary alicyclic amines) is 1. The van der Waals surface area contributed by atoms with E-state index in [4.69, 9.17) is 4.74 Å². The van der Waals surface area contributed by atoms with Crippen LogP contribution in [0.3, 0.4) is 0 Å². The molecule has 0 saturated carbocycles. The standard InChI is InChI=1S/C27H24F3NO3/c1-4-13-31-20(14-21(32)27(28,29)30)23-22-16-9-5-7-11-18(16)26(15(2)34-3,24(23)25(31)33)19-12-8-6-10-17(19)22/h4-12,14-15,22-24H,1,13H2,2-3H3/b20-14+/t15-,22?,23-,24+,26?/m1/s1. The van der Waals surface area contributed by atoms with E-state index in [1.54, 1.807) is 7.11 Å². The molecule has 0 unspecified atom stereocenters. The molecular formula is C27H24F3NO3. The van der Waals surface area contributed by atoms with Crippen LogP contribution in [0.15, 0.2) is 73.0 Å². The van der Waals surface area contributed by atoms with E-state index in [9.17, 15) is 22.8 Å². The third kappa shape index (κ3) is 2.76. The second kappa shape index (κ2) is 7.67. The largest absolute Gasteiger partial charge is 0.454 e. The van der Waals surface area contributed by atoms with E-state index >= 15 is 0 Å². The third-order valence-electron chi connectivity index (χ3n) is 7.74. The summed E-state index contributed by atoms with van der Waals surface area (Å²) in [5.41, 5.74) is 2.97. The van der Waals surface area contributed by atoms with Crippen molar-refractivity contribution in [2.75, 3.05) is 13.7 Å². The average Bonchev–Trinajstić information content (AvgIpc) is 3.10. The number of benzene rings is 2. The number of carbonyl (C=O) groups is 2. The van der Waals surface area contributed by atoms with Crippen LogP contribution < -0.4 is 0 Å². The summed E-state index contributed by atoms with van der Waals surface area (Å²) in [6.07, 6.45) is -3.41. The summed E-state index contributed by atoms with van der Waals surface area (Å²) in [6.45, 7) is 5.59. The summed E-state index contributed by atoms with van der Waals surface area (Å²) in [7, 11) is 1.57. The lowest BCUT2D eigenvalue weighted by molar-refractivity contribution is -0.165. The highest BCUT2D eigenvalue weighted by Crippen LogP contribution is 2.67. The summed E-state index contributed by atoms with van der Waals surface area (Å²) in [6, 6.07) is 15.5. The van der Waals surface area contributed by atoms with Crippen molar-refractivity contribution in [1.29, 1.82) is 0 Å². The van der Waals surface area contributed by atoms with E-state index in [-0.39, 0.29) is 24.1 Å². The molecule has 1 saturated heterocycles. The summed E-state index contributed by atoms with van der Waals surface area (Å²) in [5, 5.41) is 0. The maximum Gasteiger partial charge on any atom is 0.454 e. The molecule has 0 aromatic heterocycles. The van der Waals surface area contributed by atoms with Gasteiger partial charge < -0.3 is 9.64 Å². The Labute approximate surface area is 195 Å². The lowest BCUT2D eigenvalue weighted by Gasteiger charge is -2.57. The number of alkyl halides is 3. The van der Waals surface area contributed by atoms with Crippen LogP contribution in [0.2, 0.25) is 0 Å². The Morgan fingerprint density at radius 2 is 1.71 bits per heavy atom. The maximum absolute atomic E-state index is 14.0. The van der Waals surface area contributed by atoms with E-state index < -0.39 is 35.3 Å². The molecule has 6 rings (SSSR count). The van der Waals surface area contributed by atoms with Crippen molar-refractivity contribution in [2.24, 2.45) is 11.8 Å². The molecule has 4 nitrogen and oxygen atoms in total. The predicted octanol–water partition coefficient (Wildman–Crippen LogP) is 4.74. The van der Waals surface area contributed by atoms with Crippen molar-refractivity contribution in [2.45, 2.75) is 30.5 Å². The van der Waals surface area contributed by atoms with Crippen LogP contribution in [0.1, 0.15) is 35.1 Å². The van der Waals surface area contributed by atoms with Crippen LogP contribution in [0.4, 0.5) is 13.2 Å². The number of hydrogen-bond donors (Lipinski definition) is 0. The molecule has 0 N–H and O–H groups in total. The first-order chi connectivity index (χ1) is 16.2. The van der Waals surface area contributed by atoms with Crippen molar-refractivity contribution >= 4 is 11.7 Å². The van der Waals surface area contributed by atoms with Gasteiger partial charge in [0.25, 0.3) is 5.78 Å². The first kappa shape index (κ1) is 22.6. The van der Waals surface area contributed by atoms with Gasteiger partial charge in [0.15, 0.2) is 0 Å². The molecule has 34 heavy (non-hydrogen) atoms. The third-order valence-corrected chi connectivity index (χ3v) is 7.74. The van der Waals surface area contributed by atoms with Crippen LogP contribution in [-0.2, 0) is 19.7 Å². The number of halogens is 3. The highest BCUT2D eigenvalue weighted by molar-refractivity contribution is 5.98. The van der Waals surface area contributed by atoms with Gasteiger partial charge in [-0.1, -0.05) is 54.6 Å². The first-order valence-electron chi connectivity index (χ1n) is 11.2. The topological polar surface area (TPSA) is 46.6 Å². The summed E-state index contributed by atoms with van der Waals surface area (Å²) in [5.74, 6) is -4.01. The second-order valence-electron chi connectivity index (χ2n) is 9.07. The molecule has 1 aliphatic heterocycles. The number of methoxy groups -OCH3 is 1. The number of carbonyl (C=O) groups excluding carboxylic acids is 2. The van der Waals surface area contributed by atoms with Gasteiger partial charge in [0.05, 0.1) is 17.4 Å². The fourth-order valence-electron chi connectivity index (χ4n) is 6.56. The van der Waals surface area contributed by atoms with E-state index in [0.717, 1.165) is 22.3 Å². The van der Waals surface area contributed by atoms with Crippen molar-refractivity contribution in [1.82, 2.24) is 4.90 Å². The van der Waals surface area contributed by atoms with Gasteiger partial charge in [-0.05, 0) is 29.2 Å². The minimum absolute atomic E-state index is 0.0135.